The van der Waals surface area contributed by atoms with E-state index < -0.39 is 0 Å². The molecule has 2 fully saturated rings. The van der Waals surface area contributed by atoms with Crippen LogP contribution in [0.15, 0.2) is 54.6 Å². The molecule has 3 atom stereocenters. The number of benzene rings is 2. The van der Waals surface area contributed by atoms with Crippen LogP contribution in [0.1, 0.15) is 35.3 Å². The summed E-state index contributed by atoms with van der Waals surface area (Å²) in [7, 11) is 0. The molecular formula is C22H27ClN2O2. The van der Waals surface area contributed by atoms with Crippen molar-refractivity contribution in [1.82, 2.24) is 10.2 Å². The molecule has 4 nitrogen and oxygen atoms in total. The first-order valence-electron chi connectivity index (χ1n) is 9.57. The van der Waals surface area contributed by atoms with Crippen molar-refractivity contribution in [2.75, 3.05) is 26.2 Å². The van der Waals surface area contributed by atoms with Crippen molar-refractivity contribution in [2.45, 2.75) is 19.4 Å². The molecule has 2 aromatic carbocycles. The van der Waals surface area contributed by atoms with Gasteiger partial charge in [0.2, 0.25) is 0 Å². The van der Waals surface area contributed by atoms with Crippen LogP contribution in [-0.2, 0) is 0 Å². The van der Waals surface area contributed by atoms with E-state index in [0.29, 0.717) is 18.4 Å². The minimum atomic E-state index is 0. The number of halogens is 1. The third kappa shape index (κ3) is 3.97. The number of carbonyl (C=O) groups excluding carboxylic acids is 1. The zero-order chi connectivity index (χ0) is 17.9. The molecule has 1 amide bonds. The smallest absolute Gasteiger partial charge is 0.254 e. The molecule has 0 saturated carbocycles. The van der Waals surface area contributed by atoms with Gasteiger partial charge in [-0.3, -0.25) is 4.79 Å². The van der Waals surface area contributed by atoms with E-state index in [0.717, 1.165) is 37.4 Å². The van der Waals surface area contributed by atoms with Crippen molar-refractivity contribution in [2.24, 2.45) is 11.8 Å². The number of nitrogens with one attached hydrogen (secondary N) is 1. The fourth-order valence-corrected chi connectivity index (χ4v) is 4.29. The van der Waals surface area contributed by atoms with Crippen LogP contribution < -0.4 is 10.1 Å². The van der Waals surface area contributed by atoms with Gasteiger partial charge in [-0.25, -0.2) is 0 Å². The van der Waals surface area contributed by atoms with E-state index in [4.69, 9.17) is 4.74 Å². The number of carbonyl (C=O) groups is 1. The van der Waals surface area contributed by atoms with Gasteiger partial charge in [-0.1, -0.05) is 37.3 Å². The Labute approximate surface area is 167 Å². The van der Waals surface area contributed by atoms with Crippen LogP contribution in [0.25, 0.3) is 0 Å². The molecule has 1 N–H and O–H groups in total. The number of hydrogen-bond acceptors (Lipinski definition) is 3. The average Bonchev–Trinajstić information content (AvgIpc) is 3.28. The van der Waals surface area contributed by atoms with Gasteiger partial charge in [0.1, 0.15) is 5.75 Å². The van der Waals surface area contributed by atoms with E-state index in [1.165, 1.54) is 5.56 Å². The van der Waals surface area contributed by atoms with Crippen LogP contribution >= 0.6 is 12.4 Å². The van der Waals surface area contributed by atoms with Gasteiger partial charge in [0.05, 0.1) is 12.6 Å². The van der Waals surface area contributed by atoms with Crippen LogP contribution in [0.4, 0.5) is 0 Å². The van der Waals surface area contributed by atoms with Crippen molar-refractivity contribution in [1.29, 1.82) is 0 Å². The summed E-state index contributed by atoms with van der Waals surface area (Å²) in [6.45, 7) is 5.59. The number of nitrogens with zero attached hydrogens (tertiary/aromatic N) is 1. The van der Waals surface area contributed by atoms with Crippen LogP contribution in [0, 0.1) is 11.8 Å². The lowest BCUT2D eigenvalue weighted by atomic mass is 9.89. The third-order valence-corrected chi connectivity index (χ3v) is 5.54. The maximum atomic E-state index is 13.3. The molecule has 0 aliphatic carbocycles. The lowest BCUT2D eigenvalue weighted by Crippen LogP contribution is -2.34. The van der Waals surface area contributed by atoms with Gasteiger partial charge in [-0.05, 0) is 42.2 Å². The predicted octanol–water partition coefficient (Wildman–Crippen LogP) is 3.93. The van der Waals surface area contributed by atoms with Crippen LogP contribution in [0.5, 0.6) is 5.75 Å². The molecule has 144 valence electrons. The van der Waals surface area contributed by atoms with Gasteiger partial charge < -0.3 is 15.0 Å². The maximum absolute atomic E-state index is 13.3. The van der Waals surface area contributed by atoms with Crippen molar-refractivity contribution >= 4 is 18.3 Å². The molecule has 5 heteroatoms. The van der Waals surface area contributed by atoms with E-state index in [9.17, 15) is 4.79 Å². The summed E-state index contributed by atoms with van der Waals surface area (Å²) >= 11 is 0. The fraction of sp³-hybridized carbons (Fsp3) is 0.409. The van der Waals surface area contributed by atoms with Crippen molar-refractivity contribution < 1.29 is 9.53 Å². The van der Waals surface area contributed by atoms with E-state index in [1.54, 1.807) is 0 Å². The zero-order valence-electron chi connectivity index (χ0n) is 15.6. The normalized spacial score (nSPS) is 23.6. The van der Waals surface area contributed by atoms with E-state index in [-0.39, 0.29) is 24.4 Å². The second-order valence-electron chi connectivity index (χ2n) is 7.27. The highest BCUT2D eigenvalue weighted by atomic mass is 35.5. The molecule has 2 aromatic rings. The molecule has 2 aliphatic rings. The number of likely N-dealkylation sites (tertiary alicyclic amines) is 1. The largest absolute Gasteiger partial charge is 0.494 e. The Morgan fingerprint density at radius 2 is 1.85 bits per heavy atom. The van der Waals surface area contributed by atoms with Gasteiger partial charge in [-0.15, -0.1) is 12.4 Å². The highest BCUT2D eigenvalue weighted by molar-refractivity contribution is 5.95. The highest BCUT2D eigenvalue weighted by Gasteiger charge is 2.46. The fourth-order valence-electron chi connectivity index (χ4n) is 4.29. The number of ether oxygens (including phenoxy) is 1. The quantitative estimate of drug-likeness (QED) is 0.846. The Hall–Kier alpha value is -2.04. The topological polar surface area (TPSA) is 41.6 Å². The number of rotatable bonds is 5. The summed E-state index contributed by atoms with van der Waals surface area (Å²) < 4.78 is 5.63. The molecule has 0 radical (unpaired) electrons. The van der Waals surface area contributed by atoms with Gasteiger partial charge in [0.15, 0.2) is 0 Å². The third-order valence-electron chi connectivity index (χ3n) is 5.54. The average molecular weight is 387 g/mol. The molecule has 0 spiro atoms. The number of fused-ring (bicyclic) bond motifs is 1. The van der Waals surface area contributed by atoms with Crippen molar-refractivity contribution in [3.05, 3.63) is 65.7 Å². The van der Waals surface area contributed by atoms with Crippen LogP contribution in [0.2, 0.25) is 0 Å². The van der Waals surface area contributed by atoms with Crippen LogP contribution in [0.3, 0.4) is 0 Å². The van der Waals surface area contributed by atoms with Crippen LogP contribution in [-0.4, -0.2) is 37.0 Å². The molecule has 0 unspecified atom stereocenters. The summed E-state index contributed by atoms with van der Waals surface area (Å²) in [5.41, 5.74) is 1.97. The minimum absolute atomic E-state index is 0. The Kier molecular flexibility index (Phi) is 6.40. The monoisotopic (exact) mass is 386 g/mol. The summed E-state index contributed by atoms with van der Waals surface area (Å²) in [5, 5.41) is 3.50. The van der Waals surface area contributed by atoms with Crippen molar-refractivity contribution in [3.63, 3.8) is 0 Å². The minimum Gasteiger partial charge on any atom is -0.494 e. The summed E-state index contributed by atoms with van der Waals surface area (Å²) in [5.74, 6) is 1.98. The standard InChI is InChI=1S/C22H26N2O2.ClH/c1-2-12-26-19-10-8-17(9-11-19)22(25)24-15-18-13-23-14-20(18)21(24)16-6-4-3-5-7-16;/h3-11,18,20-21,23H,2,12-15H2,1H3;1H/t18-,20-,21-;/m0./s1. The molecule has 4 rings (SSSR count). The first-order chi connectivity index (χ1) is 12.8. The Morgan fingerprint density at radius 1 is 1.11 bits per heavy atom. The molecule has 2 heterocycles. The second-order valence-corrected chi connectivity index (χ2v) is 7.27. The lowest BCUT2D eigenvalue weighted by Gasteiger charge is -2.28. The number of amides is 1. The maximum Gasteiger partial charge on any atom is 0.254 e. The molecule has 2 saturated heterocycles. The van der Waals surface area contributed by atoms with E-state index >= 15 is 0 Å². The molecule has 0 aromatic heterocycles. The SMILES string of the molecule is CCCOc1ccc(C(=O)N2C[C@@H]3CNC[C@@H]3[C@@H]2c2ccccc2)cc1.Cl. The molecule has 27 heavy (non-hydrogen) atoms. The zero-order valence-corrected chi connectivity index (χ0v) is 16.5. The second kappa shape index (κ2) is 8.77. The summed E-state index contributed by atoms with van der Waals surface area (Å²) in [6, 6.07) is 18.2. The molecular weight excluding hydrogens is 360 g/mol. The van der Waals surface area contributed by atoms with Gasteiger partial charge in [0, 0.05) is 31.1 Å². The Morgan fingerprint density at radius 3 is 2.56 bits per heavy atom. The lowest BCUT2D eigenvalue weighted by molar-refractivity contribution is 0.0714. The van der Waals surface area contributed by atoms with Gasteiger partial charge in [0.25, 0.3) is 5.91 Å². The number of hydrogen-bond donors (Lipinski definition) is 1. The molecule has 2 aliphatic heterocycles. The van der Waals surface area contributed by atoms with E-state index in [1.807, 2.05) is 30.3 Å². The van der Waals surface area contributed by atoms with Crippen molar-refractivity contribution in [3.8, 4) is 5.75 Å². The highest BCUT2D eigenvalue weighted by Crippen LogP contribution is 2.43. The van der Waals surface area contributed by atoms with E-state index in [2.05, 4.69) is 41.4 Å². The Bertz CT molecular complexity index is 751. The predicted molar refractivity (Wildman–Crippen MR) is 110 cm³/mol. The molecule has 0 bridgehead atoms. The van der Waals surface area contributed by atoms with Gasteiger partial charge in [-0.2, -0.15) is 0 Å². The Balaban J connectivity index is 0.00000210. The summed E-state index contributed by atoms with van der Waals surface area (Å²) in [4.78, 5) is 15.3. The van der Waals surface area contributed by atoms with Gasteiger partial charge >= 0.3 is 0 Å². The first kappa shape index (κ1) is 19.7. The summed E-state index contributed by atoms with van der Waals surface area (Å²) in [6.07, 6.45) is 0.976. The first-order valence-corrected chi connectivity index (χ1v) is 9.57.